The molecule has 1 amide bonds. The molecule has 0 spiro atoms. The smallest absolute Gasteiger partial charge is 0.254 e. The molecule has 0 atom stereocenters. The van der Waals surface area contributed by atoms with E-state index < -0.39 is 0 Å². The Balaban J connectivity index is 1.74. The fraction of sp³-hybridized carbons (Fsp3) is 0.182. The fourth-order valence-electron chi connectivity index (χ4n) is 3.38. The van der Waals surface area contributed by atoms with Gasteiger partial charge in [-0.05, 0) is 26.0 Å². The first-order valence-electron chi connectivity index (χ1n) is 10.1. The maximum Gasteiger partial charge on any atom is 0.254 e. The molecule has 168 valence electrons. The van der Waals surface area contributed by atoms with Crippen LogP contribution in [-0.2, 0) is 0 Å². The van der Waals surface area contributed by atoms with Gasteiger partial charge in [0.25, 0.3) is 5.91 Å². The van der Waals surface area contributed by atoms with Gasteiger partial charge in [-0.2, -0.15) is 0 Å². The lowest BCUT2D eigenvalue weighted by Gasteiger charge is -2.17. The minimum absolute atomic E-state index is 0.282. The van der Waals surface area contributed by atoms with E-state index in [1.165, 1.54) is 12.5 Å². The summed E-state index contributed by atoms with van der Waals surface area (Å²) in [5.41, 5.74) is 3.09. The van der Waals surface area contributed by atoms with Crippen molar-refractivity contribution in [2.24, 2.45) is 0 Å². The number of hydrogen-bond acceptors (Lipinski definition) is 9. The van der Waals surface area contributed by atoms with Crippen molar-refractivity contribution in [3.05, 3.63) is 59.9 Å². The van der Waals surface area contributed by atoms with E-state index in [9.17, 15) is 4.79 Å². The zero-order valence-corrected chi connectivity index (χ0v) is 18.6. The second-order valence-corrected chi connectivity index (χ2v) is 7.11. The van der Waals surface area contributed by atoms with Gasteiger partial charge in [0, 0.05) is 31.1 Å². The number of H-pyrrole nitrogens is 1. The number of anilines is 4. The van der Waals surface area contributed by atoms with Gasteiger partial charge in [-0.25, -0.2) is 15.0 Å². The highest BCUT2D eigenvalue weighted by molar-refractivity contribution is 6.00. The Kier molecular flexibility index (Phi) is 6.11. The Bertz CT molecular complexity index is 1270. The monoisotopic (exact) mass is 445 g/mol. The minimum Gasteiger partial charge on any atom is -0.494 e. The second-order valence-electron chi connectivity index (χ2n) is 7.11. The summed E-state index contributed by atoms with van der Waals surface area (Å²) in [5.74, 6) is 2.59. The number of aromatic nitrogens is 6. The van der Waals surface area contributed by atoms with Crippen LogP contribution in [0, 0.1) is 13.8 Å². The fourth-order valence-corrected chi connectivity index (χ4v) is 3.38. The molecule has 4 rings (SSSR count). The van der Waals surface area contributed by atoms with Crippen LogP contribution in [-0.4, -0.2) is 50.2 Å². The highest BCUT2D eigenvalue weighted by Gasteiger charge is 2.17. The Morgan fingerprint density at radius 3 is 2.61 bits per heavy atom. The predicted molar refractivity (Wildman–Crippen MR) is 124 cm³/mol. The summed E-state index contributed by atoms with van der Waals surface area (Å²) in [4.78, 5) is 28.5. The molecular formula is C22H23N9O2. The van der Waals surface area contributed by atoms with Crippen molar-refractivity contribution in [3.63, 3.8) is 0 Å². The van der Waals surface area contributed by atoms with E-state index >= 15 is 0 Å². The van der Waals surface area contributed by atoms with Gasteiger partial charge in [-0.3, -0.25) is 4.79 Å². The van der Waals surface area contributed by atoms with Gasteiger partial charge >= 0.3 is 0 Å². The van der Waals surface area contributed by atoms with Crippen molar-refractivity contribution in [3.8, 4) is 17.1 Å². The van der Waals surface area contributed by atoms with Gasteiger partial charge in [0.1, 0.15) is 23.8 Å². The summed E-state index contributed by atoms with van der Waals surface area (Å²) >= 11 is 0. The predicted octanol–water partition coefficient (Wildman–Crippen LogP) is 3.13. The van der Waals surface area contributed by atoms with Gasteiger partial charge in [-0.1, -0.05) is 6.07 Å². The number of nitrogens with zero attached hydrogens (tertiary/aromatic N) is 5. The van der Waals surface area contributed by atoms with Crippen molar-refractivity contribution in [1.29, 1.82) is 0 Å². The van der Waals surface area contributed by atoms with Crippen LogP contribution in [0.15, 0.2) is 42.9 Å². The van der Waals surface area contributed by atoms with E-state index in [-0.39, 0.29) is 5.91 Å². The largest absolute Gasteiger partial charge is 0.494 e. The van der Waals surface area contributed by atoms with Crippen molar-refractivity contribution >= 4 is 28.9 Å². The number of aromatic amines is 1. The molecule has 11 nitrogen and oxygen atoms in total. The van der Waals surface area contributed by atoms with Gasteiger partial charge in [0.2, 0.25) is 0 Å². The molecule has 0 aliphatic carbocycles. The number of ether oxygens (including phenoxy) is 1. The van der Waals surface area contributed by atoms with E-state index in [0.29, 0.717) is 46.0 Å². The summed E-state index contributed by atoms with van der Waals surface area (Å²) in [6.45, 7) is 3.71. The van der Waals surface area contributed by atoms with Crippen molar-refractivity contribution in [1.82, 2.24) is 35.5 Å². The molecule has 0 saturated heterocycles. The lowest BCUT2D eigenvalue weighted by molar-refractivity contribution is 0.0963. The average molecular weight is 445 g/mol. The van der Waals surface area contributed by atoms with E-state index in [0.717, 1.165) is 11.3 Å². The molecule has 0 radical (unpaired) electrons. The Morgan fingerprint density at radius 1 is 1.06 bits per heavy atom. The van der Waals surface area contributed by atoms with Crippen LogP contribution < -0.4 is 20.7 Å². The molecule has 3 aromatic heterocycles. The topological polar surface area (TPSA) is 143 Å². The molecular weight excluding hydrogens is 422 g/mol. The first-order chi connectivity index (χ1) is 16.0. The third-order valence-corrected chi connectivity index (χ3v) is 4.76. The zero-order chi connectivity index (χ0) is 23.4. The van der Waals surface area contributed by atoms with Gasteiger partial charge < -0.3 is 25.7 Å². The highest BCUT2D eigenvalue weighted by atomic mass is 16.5. The van der Waals surface area contributed by atoms with E-state index in [4.69, 9.17) is 4.74 Å². The van der Waals surface area contributed by atoms with Crippen LogP contribution in [0.1, 0.15) is 21.9 Å². The number of aryl methyl sites for hydroxylation is 2. The first-order valence-corrected chi connectivity index (χ1v) is 10.1. The molecule has 0 bridgehead atoms. The average Bonchev–Trinajstić information content (AvgIpc) is 3.33. The number of rotatable bonds is 7. The van der Waals surface area contributed by atoms with Gasteiger partial charge in [-0.15, -0.1) is 10.2 Å². The quantitative estimate of drug-likeness (QED) is 0.337. The molecule has 0 aliphatic rings. The number of nitrogens with one attached hydrogen (secondary N) is 4. The molecule has 1 aromatic carbocycles. The van der Waals surface area contributed by atoms with Crippen LogP contribution in [0.25, 0.3) is 11.4 Å². The Hall–Kier alpha value is -4.54. The van der Waals surface area contributed by atoms with Crippen molar-refractivity contribution in [2.45, 2.75) is 13.8 Å². The molecule has 0 saturated carbocycles. The van der Waals surface area contributed by atoms with Crippen LogP contribution in [0.3, 0.4) is 0 Å². The van der Waals surface area contributed by atoms with Crippen LogP contribution in [0.2, 0.25) is 0 Å². The Morgan fingerprint density at radius 2 is 1.91 bits per heavy atom. The van der Waals surface area contributed by atoms with Gasteiger partial charge in [0.15, 0.2) is 11.6 Å². The first kappa shape index (κ1) is 21.7. The van der Waals surface area contributed by atoms with Crippen molar-refractivity contribution in [2.75, 3.05) is 24.8 Å². The maximum atomic E-state index is 12.5. The normalized spacial score (nSPS) is 10.5. The number of methoxy groups -OCH3 is 1. The van der Waals surface area contributed by atoms with E-state index in [1.54, 1.807) is 20.2 Å². The number of para-hydroxylation sites is 1. The molecule has 3 heterocycles. The summed E-state index contributed by atoms with van der Waals surface area (Å²) < 4.78 is 5.65. The minimum atomic E-state index is -0.282. The summed E-state index contributed by atoms with van der Waals surface area (Å²) in [6.07, 6.45) is 2.99. The molecule has 0 unspecified atom stereocenters. The molecule has 11 heteroatoms. The molecule has 0 fully saturated rings. The number of carbonyl (C=O) groups excluding carboxylic acids is 1. The zero-order valence-electron chi connectivity index (χ0n) is 18.6. The van der Waals surface area contributed by atoms with Crippen LogP contribution >= 0.6 is 0 Å². The summed E-state index contributed by atoms with van der Waals surface area (Å²) in [5, 5.41) is 17.0. The highest BCUT2D eigenvalue weighted by Crippen LogP contribution is 2.37. The summed E-state index contributed by atoms with van der Waals surface area (Å²) in [6, 6.07) is 9.12. The van der Waals surface area contributed by atoms with Crippen molar-refractivity contribution < 1.29 is 9.53 Å². The standard InChI is InChI=1S/C22H23N9O2/c1-12-8-19(28-13(2)27-12)30-18-9-17(15(10-24-18)22(32)23-3)29-16-7-5-6-14(20(16)33-4)21-25-11-26-31-21/h5-11H,1-4H3,(H,23,32)(H,25,26,31)(H2,24,27,28,29,30). The molecule has 4 N–H and O–H groups in total. The third kappa shape index (κ3) is 4.71. The number of carbonyl (C=O) groups is 1. The maximum absolute atomic E-state index is 12.5. The lowest BCUT2D eigenvalue weighted by Crippen LogP contribution is -2.19. The second kappa shape index (κ2) is 9.30. The van der Waals surface area contributed by atoms with E-state index in [2.05, 4.69) is 46.1 Å². The van der Waals surface area contributed by atoms with E-state index in [1.807, 2.05) is 38.1 Å². The number of benzene rings is 1. The number of amides is 1. The van der Waals surface area contributed by atoms with Crippen LogP contribution in [0.5, 0.6) is 5.75 Å². The molecule has 0 aliphatic heterocycles. The van der Waals surface area contributed by atoms with Gasteiger partial charge in [0.05, 0.1) is 29.6 Å². The number of hydrogen-bond donors (Lipinski definition) is 4. The van der Waals surface area contributed by atoms with Crippen LogP contribution in [0.4, 0.5) is 23.0 Å². The third-order valence-electron chi connectivity index (χ3n) is 4.76. The summed E-state index contributed by atoms with van der Waals surface area (Å²) in [7, 11) is 3.13. The Labute approximate surface area is 190 Å². The number of pyridine rings is 1. The molecule has 4 aromatic rings. The molecule has 33 heavy (non-hydrogen) atoms. The lowest BCUT2D eigenvalue weighted by atomic mass is 10.1. The SMILES string of the molecule is CNC(=O)c1cnc(Nc2cc(C)nc(C)n2)cc1Nc1cccc(-c2nnc[nH]2)c1OC.